The van der Waals surface area contributed by atoms with E-state index < -0.39 is 11.7 Å². The number of carbonyl (C=O) groups is 2. The fraction of sp³-hybridized carbons (Fsp3) is 0.0909. The van der Waals surface area contributed by atoms with Gasteiger partial charge in [-0.2, -0.15) is 5.10 Å². The molecule has 1 aromatic carbocycles. The van der Waals surface area contributed by atoms with Crippen molar-refractivity contribution in [1.82, 2.24) is 15.2 Å². The highest BCUT2D eigenvalue weighted by molar-refractivity contribution is 7.99. The topological polar surface area (TPSA) is 79.0 Å². The van der Waals surface area contributed by atoms with Crippen LogP contribution in [-0.2, 0) is 4.79 Å². The molecule has 0 unspecified atom stereocenters. The molecule has 0 fully saturated rings. The first-order chi connectivity index (χ1) is 8.66. The van der Waals surface area contributed by atoms with E-state index in [9.17, 15) is 9.59 Å². The summed E-state index contributed by atoms with van der Waals surface area (Å²) in [4.78, 5) is 29.4. The quantitative estimate of drug-likeness (QED) is 0.818. The first-order valence-electron chi connectivity index (χ1n) is 5.16. The molecule has 0 radical (unpaired) electrons. The molecule has 0 aliphatic carbocycles. The molecule has 1 N–H and O–H groups in total. The first-order valence-corrected chi connectivity index (χ1v) is 5.98. The largest absolute Gasteiger partial charge is 0.308 e. The van der Waals surface area contributed by atoms with Crippen molar-refractivity contribution in [3.63, 3.8) is 0 Å². The monoisotopic (exact) mass is 260 g/mol. The Morgan fingerprint density at radius 1 is 1.33 bits per heavy atom. The number of hydrogen-bond acceptors (Lipinski definition) is 5. The van der Waals surface area contributed by atoms with Crippen molar-refractivity contribution in [1.29, 1.82) is 0 Å². The number of aromatic amines is 1. The third-order valence-electron chi connectivity index (χ3n) is 2.68. The highest BCUT2D eigenvalue weighted by Crippen LogP contribution is 2.33. The van der Waals surface area contributed by atoms with Gasteiger partial charge in [0.2, 0.25) is 0 Å². The van der Waals surface area contributed by atoms with Gasteiger partial charge in [0.1, 0.15) is 6.33 Å². The minimum absolute atomic E-state index is 0.449. The Hall–Kier alpha value is -2.15. The second-order valence-corrected chi connectivity index (χ2v) is 4.83. The van der Waals surface area contributed by atoms with Gasteiger partial charge in [0.25, 0.3) is 11.7 Å². The molecular weight excluding hydrogens is 252 g/mol. The summed E-state index contributed by atoms with van der Waals surface area (Å²) in [6.07, 6.45) is 1.43. The standard InChI is InChI=1S/C11H8N4O2S/c1-15-8-4-6(18-11-12-5-13-14-11)2-3-7(8)9(16)10(15)17/h2-5H,1H3,(H,12,13,14). The molecule has 1 aliphatic rings. The summed E-state index contributed by atoms with van der Waals surface area (Å²) in [6.45, 7) is 0. The molecule has 1 aromatic heterocycles. The predicted molar refractivity (Wildman–Crippen MR) is 64.7 cm³/mol. The van der Waals surface area contributed by atoms with Crippen molar-refractivity contribution in [3.8, 4) is 0 Å². The van der Waals surface area contributed by atoms with E-state index in [0.29, 0.717) is 16.4 Å². The Morgan fingerprint density at radius 2 is 2.17 bits per heavy atom. The maximum Gasteiger partial charge on any atom is 0.299 e. The average molecular weight is 260 g/mol. The molecule has 2 aromatic rings. The summed E-state index contributed by atoms with van der Waals surface area (Å²) >= 11 is 1.39. The molecule has 0 spiro atoms. The van der Waals surface area contributed by atoms with Crippen LogP contribution in [0.5, 0.6) is 0 Å². The van der Waals surface area contributed by atoms with Crippen molar-refractivity contribution in [3.05, 3.63) is 30.1 Å². The van der Waals surface area contributed by atoms with Crippen molar-refractivity contribution >= 4 is 29.1 Å². The smallest absolute Gasteiger partial charge is 0.299 e. The van der Waals surface area contributed by atoms with Crippen LogP contribution in [0.1, 0.15) is 10.4 Å². The zero-order valence-corrected chi connectivity index (χ0v) is 10.2. The fourth-order valence-electron chi connectivity index (χ4n) is 1.78. The summed E-state index contributed by atoms with van der Waals surface area (Å²) in [5, 5.41) is 7.15. The second kappa shape index (κ2) is 3.95. The van der Waals surface area contributed by atoms with Gasteiger partial charge in [-0.3, -0.25) is 14.7 Å². The number of carbonyl (C=O) groups excluding carboxylic acids is 2. The Kier molecular flexibility index (Phi) is 2.41. The number of ketones is 1. The van der Waals surface area contributed by atoms with Gasteiger partial charge in [-0.05, 0) is 18.2 Å². The molecule has 90 valence electrons. The lowest BCUT2D eigenvalue weighted by Crippen LogP contribution is -2.24. The van der Waals surface area contributed by atoms with Gasteiger partial charge in [-0.1, -0.05) is 11.8 Å². The van der Waals surface area contributed by atoms with Crippen LogP contribution in [0, 0.1) is 0 Å². The molecule has 18 heavy (non-hydrogen) atoms. The van der Waals surface area contributed by atoms with Gasteiger partial charge in [-0.15, -0.1) is 0 Å². The predicted octanol–water partition coefficient (Wildman–Crippen LogP) is 1.11. The van der Waals surface area contributed by atoms with E-state index in [1.54, 1.807) is 25.2 Å². The van der Waals surface area contributed by atoms with Gasteiger partial charge in [-0.25, -0.2) is 4.98 Å². The highest BCUT2D eigenvalue weighted by Gasteiger charge is 2.33. The minimum atomic E-state index is -0.494. The van der Waals surface area contributed by atoms with Crippen molar-refractivity contribution in [2.75, 3.05) is 11.9 Å². The molecule has 0 saturated heterocycles. The first kappa shape index (κ1) is 11.0. The van der Waals surface area contributed by atoms with Crippen molar-refractivity contribution < 1.29 is 9.59 Å². The fourth-order valence-corrected chi connectivity index (χ4v) is 2.50. The van der Waals surface area contributed by atoms with Crippen LogP contribution in [0.3, 0.4) is 0 Å². The van der Waals surface area contributed by atoms with Crippen LogP contribution >= 0.6 is 11.8 Å². The molecule has 6 nitrogen and oxygen atoms in total. The Morgan fingerprint density at radius 3 is 2.89 bits per heavy atom. The summed E-state index contributed by atoms with van der Waals surface area (Å²) in [5.41, 5.74) is 1.08. The van der Waals surface area contributed by atoms with E-state index in [1.807, 2.05) is 0 Å². The lowest BCUT2D eigenvalue weighted by Gasteiger charge is -2.09. The van der Waals surface area contributed by atoms with Gasteiger partial charge in [0.15, 0.2) is 5.16 Å². The summed E-state index contributed by atoms with van der Waals surface area (Å²) < 4.78 is 0. The molecular formula is C11H8N4O2S. The van der Waals surface area contributed by atoms with E-state index >= 15 is 0 Å². The van der Waals surface area contributed by atoms with Gasteiger partial charge in [0, 0.05) is 11.9 Å². The normalized spacial score (nSPS) is 14.2. The maximum absolute atomic E-state index is 11.6. The lowest BCUT2D eigenvalue weighted by molar-refractivity contribution is -0.114. The van der Waals surface area contributed by atoms with Crippen LogP contribution in [-0.4, -0.2) is 33.9 Å². The van der Waals surface area contributed by atoms with E-state index in [-0.39, 0.29) is 0 Å². The number of nitrogens with one attached hydrogen (secondary N) is 1. The Balaban J connectivity index is 1.97. The summed E-state index contributed by atoms with van der Waals surface area (Å²) in [6, 6.07) is 5.25. The van der Waals surface area contributed by atoms with Crippen LogP contribution in [0.15, 0.2) is 34.6 Å². The summed E-state index contributed by atoms with van der Waals surface area (Å²) in [7, 11) is 1.59. The molecule has 1 amide bonds. The molecule has 3 rings (SSSR count). The van der Waals surface area contributed by atoms with Gasteiger partial charge >= 0.3 is 0 Å². The molecule has 0 saturated carbocycles. The van der Waals surface area contributed by atoms with E-state index in [2.05, 4.69) is 15.2 Å². The number of hydrogen-bond donors (Lipinski definition) is 1. The van der Waals surface area contributed by atoms with Crippen LogP contribution < -0.4 is 4.90 Å². The summed E-state index contributed by atoms with van der Waals surface area (Å²) in [5.74, 6) is -0.949. The number of anilines is 1. The third-order valence-corrected chi connectivity index (χ3v) is 3.56. The molecule has 7 heteroatoms. The minimum Gasteiger partial charge on any atom is -0.308 e. The number of rotatable bonds is 2. The Labute approximate surface area is 106 Å². The van der Waals surface area contributed by atoms with Crippen molar-refractivity contribution in [2.24, 2.45) is 0 Å². The van der Waals surface area contributed by atoms with Crippen molar-refractivity contribution in [2.45, 2.75) is 10.1 Å². The number of fused-ring (bicyclic) bond motifs is 1. The SMILES string of the molecule is CN1C(=O)C(=O)c2ccc(Sc3ncn[nH]3)cc21. The van der Waals surface area contributed by atoms with Crippen LogP contribution in [0.25, 0.3) is 0 Å². The number of amides is 1. The lowest BCUT2D eigenvalue weighted by atomic mass is 10.1. The number of Topliss-reactive ketones (excluding diaryl/α,β-unsaturated/α-hetero) is 1. The van der Waals surface area contributed by atoms with Crippen LogP contribution in [0.2, 0.25) is 0 Å². The number of nitrogens with zero attached hydrogens (tertiary/aromatic N) is 3. The number of benzene rings is 1. The third kappa shape index (κ3) is 1.60. The Bertz CT molecular complexity index is 638. The zero-order valence-electron chi connectivity index (χ0n) is 9.38. The van der Waals surface area contributed by atoms with Gasteiger partial charge < -0.3 is 4.90 Å². The molecule has 2 heterocycles. The van der Waals surface area contributed by atoms with Crippen LogP contribution in [0.4, 0.5) is 5.69 Å². The number of aromatic nitrogens is 3. The second-order valence-electron chi connectivity index (χ2n) is 3.76. The zero-order chi connectivity index (χ0) is 12.7. The number of H-pyrrole nitrogens is 1. The van der Waals surface area contributed by atoms with E-state index in [0.717, 1.165) is 4.90 Å². The van der Waals surface area contributed by atoms with Gasteiger partial charge in [0.05, 0.1) is 11.3 Å². The van der Waals surface area contributed by atoms with E-state index in [1.165, 1.54) is 23.0 Å². The average Bonchev–Trinajstić information content (AvgIpc) is 2.95. The molecule has 0 atom stereocenters. The van der Waals surface area contributed by atoms with E-state index in [4.69, 9.17) is 0 Å². The maximum atomic E-state index is 11.6. The molecule has 0 bridgehead atoms. The highest BCUT2D eigenvalue weighted by atomic mass is 32.2. The number of likely N-dealkylation sites (N-methyl/N-ethyl adjacent to an activating group) is 1. The molecule has 1 aliphatic heterocycles.